The summed E-state index contributed by atoms with van der Waals surface area (Å²) in [5.41, 5.74) is 1.44. The molecule has 0 aliphatic heterocycles. The number of Topliss-reactive ketones (excluding diaryl/α,β-unsaturated/α-hetero) is 1. The molecule has 0 saturated heterocycles. The van der Waals surface area contributed by atoms with Gasteiger partial charge in [0.25, 0.3) is 0 Å². The van der Waals surface area contributed by atoms with Crippen molar-refractivity contribution in [2.75, 3.05) is 0 Å². The van der Waals surface area contributed by atoms with E-state index in [0.717, 1.165) is 25.2 Å². The van der Waals surface area contributed by atoms with E-state index in [9.17, 15) is 4.79 Å². The largest absolute Gasteiger partial charge is 0.299 e. The van der Waals surface area contributed by atoms with Gasteiger partial charge in [-0.15, -0.1) is 0 Å². The Morgan fingerprint density at radius 1 is 1.15 bits per heavy atom. The fourth-order valence-corrected chi connectivity index (χ4v) is 3.01. The second-order valence-electron chi connectivity index (χ2n) is 6.42. The molecule has 0 aromatic heterocycles. The summed E-state index contributed by atoms with van der Waals surface area (Å²) in [5, 5.41) is 0. The van der Waals surface area contributed by atoms with Crippen LogP contribution in [0.3, 0.4) is 0 Å². The van der Waals surface area contributed by atoms with Crippen LogP contribution in [-0.4, -0.2) is 5.78 Å². The number of carbonyl (C=O) groups excluding carboxylic acids is 1. The Balaban J connectivity index is 0.000000367. The topological polar surface area (TPSA) is 17.1 Å². The van der Waals surface area contributed by atoms with Crippen molar-refractivity contribution < 1.29 is 4.79 Å². The van der Waals surface area contributed by atoms with E-state index in [1.807, 2.05) is 6.92 Å². The van der Waals surface area contributed by atoms with Gasteiger partial charge in [-0.3, -0.25) is 4.79 Å². The molecule has 118 valence electrons. The monoisotopic (exact) mass is 280 g/mol. The average Bonchev–Trinajstić information content (AvgIpc) is 2.97. The molecule has 0 amide bonds. The van der Waals surface area contributed by atoms with E-state index in [-0.39, 0.29) is 0 Å². The lowest BCUT2D eigenvalue weighted by Gasteiger charge is -2.19. The Labute approximate surface area is 127 Å². The molecule has 20 heavy (non-hydrogen) atoms. The van der Waals surface area contributed by atoms with Crippen molar-refractivity contribution in [2.45, 2.75) is 86.0 Å². The minimum absolute atomic E-state index is 0.440. The van der Waals surface area contributed by atoms with Crippen LogP contribution in [0.2, 0.25) is 0 Å². The lowest BCUT2D eigenvalue weighted by molar-refractivity contribution is -0.122. The molecule has 0 bridgehead atoms. The lowest BCUT2D eigenvalue weighted by Crippen LogP contribution is -2.07. The van der Waals surface area contributed by atoms with Crippen molar-refractivity contribution in [3.8, 4) is 0 Å². The van der Waals surface area contributed by atoms with Gasteiger partial charge in [0.05, 0.1) is 0 Å². The third-order valence-electron chi connectivity index (χ3n) is 4.55. The maximum Gasteiger partial charge on any atom is 0.135 e. The SMILES string of the molecule is C=C(C(C)C)C(CC)CCC.CCC(=O)C1CCCC1. The Bertz CT molecular complexity index is 271. The Morgan fingerprint density at radius 2 is 1.70 bits per heavy atom. The maximum absolute atomic E-state index is 11.0. The molecule has 0 heterocycles. The molecular weight excluding hydrogens is 244 g/mol. The summed E-state index contributed by atoms with van der Waals surface area (Å²) in [4.78, 5) is 11.0. The number of hydrogen-bond acceptors (Lipinski definition) is 1. The van der Waals surface area contributed by atoms with Crippen molar-refractivity contribution in [3.05, 3.63) is 12.2 Å². The smallest absolute Gasteiger partial charge is 0.135 e. The number of allylic oxidation sites excluding steroid dienone is 1. The predicted octanol–water partition coefficient (Wildman–Crippen LogP) is 6.18. The van der Waals surface area contributed by atoms with Crippen LogP contribution in [-0.2, 0) is 4.79 Å². The van der Waals surface area contributed by atoms with Gasteiger partial charge in [0, 0.05) is 12.3 Å². The van der Waals surface area contributed by atoms with Gasteiger partial charge < -0.3 is 0 Å². The van der Waals surface area contributed by atoms with Crippen LogP contribution in [0, 0.1) is 17.8 Å². The first-order chi connectivity index (χ1) is 9.47. The zero-order valence-electron chi connectivity index (χ0n) is 14.5. The van der Waals surface area contributed by atoms with Crippen molar-refractivity contribution in [1.29, 1.82) is 0 Å². The molecule has 1 heteroatoms. The van der Waals surface area contributed by atoms with Crippen molar-refractivity contribution in [2.24, 2.45) is 17.8 Å². The first-order valence-electron chi connectivity index (χ1n) is 8.69. The van der Waals surface area contributed by atoms with Crippen LogP contribution in [0.1, 0.15) is 86.0 Å². The van der Waals surface area contributed by atoms with E-state index in [0.29, 0.717) is 17.6 Å². The molecule has 1 saturated carbocycles. The van der Waals surface area contributed by atoms with Gasteiger partial charge in [0.2, 0.25) is 0 Å². The maximum atomic E-state index is 11.0. The van der Waals surface area contributed by atoms with Gasteiger partial charge in [0.15, 0.2) is 0 Å². The van der Waals surface area contributed by atoms with Crippen LogP contribution in [0.25, 0.3) is 0 Å². The number of carbonyl (C=O) groups is 1. The summed E-state index contributed by atoms with van der Waals surface area (Å²) in [7, 11) is 0. The average molecular weight is 280 g/mol. The first kappa shape index (κ1) is 19.4. The van der Waals surface area contributed by atoms with Crippen LogP contribution >= 0.6 is 0 Å². The second kappa shape index (κ2) is 11.1. The molecule has 1 aliphatic carbocycles. The van der Waals surface area contributed by atoms with Crippen LogP contribution in [0.15, 0.2) is 12.2 Å². The molecular formula is C19H36O. The Morgan fingerprint density at radius 3 is 2.05 bits per heavy atom. The zero-order valence-corrected chi connectivity index (χ0v) is 14.5. The Kier molecular flexibility index (Phi) is 10.8. The van der Waals surface area contributed by atoms with Gasteiger partial charge in [-0.1, -0.05) is 66.0 Å². The van der Waals surface area contributed by atoms with Gasteiger partial charge in [-0.2, -0.15) is 0 Å². The standard InChI is InChI=1S/C11H22.C8H14O/c1-6-8-11(7-2)10(5)9(3)4;1-2-8(9)7-5-3-4-6-7/h9,11H,5-8H2,1-4H3;7H,2-6H2,1H3. The molecule has 0 spiro atoms. The summed E-state index contributed by atoms with van der Waals surface area (Å²) in [5.74, 6) is 2.34. The molecule has 1 atom stereocenters. The van der Waals surface area contributed by atoms with E-state index in [1.165, 1.54) is 37.7 Å². The summed E-state index contributed by atoms with van der Waals surface area (Å²) < 4.78 is 0. The van der Waals surface area contributed by atoms with Crippen LogP contribution in [0.4, 0.5) is 0 Å². The summed E-state index contributed by atoms with van der Waals surface area (Å²) in [6.45, 7) is 15.1. The van der Waals surface area contributed by atoms with Crippen molar-refractivity contribution in [3.63, 3.8) is 0 Å². The molecule has 1 unspecified atom stereocenters. The van der Waals surface area contributed by atoms with Gasteiger partial charge in [-0.05, 0) is 37.5 Å². The Hall–Kier alpha value is -0.590. The normalized spacial score (nSPS) is 16.7. The minimum Gasteiger partial charge on any atom is -0.299 e. The number of rotatable bonds is 7. The predicted molar refractivity (Wildman–Crippen MR) is 89.9 cm³/mol. The lowest BCUT2D eigenvalue weighted by atomic mass is 9.86. The van der Waals surface area contributed by atoms with E-state index in [1.54, 1.807) is 0 Å². The highest BCUT2D eigenvalue weighted by atomic mass is 16.1. The molecule has 1 aliphatic rings. The van der Waals surface area contributed by atoms with E-state index in [4.69, 9.17) is 0 Å². The summed E-state index contributed by atoms with van der Waals surface area (Å²) in [6.07, 6.45) is 9.46. The summed E-state index contributed by atoms with van der Waals surface area (Å²) in [6, 6.07) is 0. The first-order valence-corrected chi connectivity index (χ1v) is 8.69. The van der Waals surface area contributed by atoms with E-state index >= 15 is 0 Å². The fraction of sp³-hybridized carbons (Fsp3) is 0.842. The van der Waals surface area contributed by atoms with Crippen LogP contribution < -0.4 is 0 Å². The van der Waals surface area contributed by atoms with Crippen molar-refractivity contribution >= 4 is 5.78 Å². The zero-order chi connectivity index (χ0) is 15.5. The molecule has 0 aromatic carbocycles. The molecule has 1 rings (SSSR count). The third-order valence-corrected chi connectivity index (χ3v) is 4.55. The highest BCUT2D eigenvalue weighted by Crippen LogP contribution is 2.26. The van der Waals surface area contributed by atoms with Crippen LogP contribution in [0.5, 0.6) is 0 Å². The van der Waals surface area contributed by atoms with Gasteiger partial charge >= 0.3 is 0 Å². The molecule has 0 N–H and O–H groups in total. The number of ketones is 1. The highest BCUT2D eigenvalue weighted by Gasteiger charge is 2.20. The molecule has 1 fully saturated rings. The molecule has 0 radical (unpaired) electrons. The van der Waals surface area contributed by atoms with Crippen molar-refractivity contribution in [1.82, 2.24) is 0 Å². The minimum atomic E-state index is 0.440. The van der Waals surface area contributed by atoms with E-state index in [2.05, 4.69) is 34.3 Å². The van der Waals surface area contributed by atoms with E-state index < -0.39 is 0 Å². The van der Waals surface area contributed by atoms with Gasteiger partial charge in [0.1, 0.15) is 5.78 Å². The second-order valence-corrected chi connectivity index (χ2v) is 6.42. The molecule has 0 aromatic rings. The fourth-order valence-electron chi connectivity index (χ4n) is 3.01. The number of hydrogen-bond donors (Lipinski definition) is 0. The third kappa shape index (κ3) is 7.26. The van der Waals surface area contributed by atoms with Gasteiger partial charge in [-0.25, -0.2) is 0 Å². The summed E-state index contributed by atoms with van der Waals surface area (Å²) >= 11 is 0. The quantitative estimate of drug-likeness (QED) is 0.509. The molecule has 1 nitrogen and oxygen atoms in total. The highest BCUT2D eigenvalue weighted by molar-refractivity contribution is 5.80.